The highest BCUT2D eigenvalue weighted by Gasteiger charge is 2.37. The second kappa shape index (κ2) is 9.40. The molecule has 1 aliphatic heterocycles. The first kappa shape index (κ1) is 22.5. The van der Waals surface area contributed by atoms with Crippen molar-refractivity contribution in [3.63, 3.8) is 0 Å². The number of nitrogens with one attached hydrogen (secondary N) is 1. The van der Waals surface area contributed by atoms with E-state index in [-0.39, 0.29) is 36.1 Å². The second-order valence-electron chi connectivity index (χ2n) is 7.64. The first-order valence-electron chi connectivity index (χ1n) is 10.2. The van der Waals surface area contributed by atoms with Crippen LogP contribution >= 0.6 is 11.6 Å². The van der Waals surface area contributed by atoms with E-state index in [0.29, 0.717) is 11.4 Å². The molecule has 0 unspecified atom stereocenters. The molecule has 1 heterocycles. The molecule has 0 aliphatic carbocycles. The Bertz CT molecular complexity index is 1210. The third kappa shape index (κ3) is 4.85. The highest BCUT2D eigenvalue weighted by atomic mass is 35.5. The number of fused-ring (bicyclic) bond motifs is 1. The summed E-state index contributed by atoms with van der Waals surface area (Å²) in [5, 5.41) is 3.26. The molecule has 5 nitrogen and oxygen atoms in total. The van der Waals surface area contributed by atoms with E-state index in [1.807, 2.05) is 24.3 Å². The molecule has 3 aromatic carbocycles. The standard InChI is InChI=1S/C24H22ClFN2O3S/c25-19-7-11-21(12-8-19)32(30,31)28-14-13-18-3-1-2-4-22(18)23(28)15-24(29)27-16-17-5-9-20(26)10-6-17/h1-12,23H,13-16H2,(H,27,29)/t23-/m1/s1. The van der Waals surface area contributed by atoms with Crippen molar-refractivity contribution in [1.29, 1.82) is 0 Å². The lowest BCUT2D eigenvalue weighted by Gasteiger charge is -2.36. The summed E-state index contributed by atoms with van der Waals surface area (Å²) in [5.41, 5.74) is 2.62. The lowest BCUT2D eigenvalue weighted by molar-refractivity contribution is -0.122. The van der Waals surface area contributed by atoms with Crippen LogP contribution in [0.4, 0.5) is 4.39 Å². The van der Waals surface area contributed by atoms with Gasteiger partial charge in [-0.25, -0.2) is 12.8 Å². The van der Waals surface area contributed by atoms with E-state index in [0.717, 1.165) is 16.7 Å². The fraction of sp³-hybridized carbons (Fsp3) is 0.208. The first-order chi connectivity index (χ1) is 15.3. The van der Waals surface area contributed by atoms with Crippen LogP contribution in [0.15, 0.2) is 77.7 Å². The Morgan fingerprint density at radius 3 is 2.44 bits per heavy atom. The van der Waals surface area contributed by atoms with Crippen LogP contribution in [0.5, 0.6) is 0 Å². The topological polar surface area (TPSA) is 66.5 Å². The second-order valence-corrected chi connectivity index (χ2v) is 9.97. The maximum absolute atomic E-state index is 13.4. The average molecular weight is 473 g/mol. The number of amides is 1. The van der Waals surface area contributed by atoms with Crippen molar-refractivity contribution < 1.29 is 17.6 Å². The molecule has 4 rings (SSSR count). The Morgan fingerprint density at radius 2 is 1.72 bits per heavy atom. The molecule has 0 radical (unpaired) electrons. The molecule has 1 aliphatic rings. The van der Waals surface area contributed by atoms with Crippen molar-refractivity contribution in [2.24, 2.45) is 0 Å². The van der Waals surface area contributed by atoms with E-state index >= 15 is 0 Å². The lowest BCUT2D eigenvalue weighted by Crippen LogP contribution is -2.42. The van der Waals surface area contributed by atoms with Crippen molar-refractivity contribution in [2.75, 3.05) is 6.54 Å². The van der Waals surface area contributed by atoms with E-state index in [1.54, 1.807) is 12.1 Å². The maximum Gasteiger partial charge on any atom is 0.243 e. The molecular weight excluding hydrogens is 451 g/mol. The molecule has 1 atom stereocenters. The number of hydrogen-bond donors (Lipinski definition) is 1. The predicted molar refractivity (Wildman–Crippen MR) is 121 cm³/mol. The van der Waals surface area contributed by atoms with Gasteiger partial charge >= 0.3 is 0 Å². The van der Waals surface area contributed by atoms with Crippen LogP contribution in [0, 0.1) is 5.82 Å². The summed E-state index contributed by atoms with van der Waals surface area (Å²) in [6.45, 7) is 0.509. The van der Waals surface area contributed by atoms with Gasteiger partial charge in [0.25, 0.3) is 0 Å². The fourth-order valence-corrected chi connectivity index (χ4v) is 5.65. The minimum Gasteiger partial charge on any atom is -0.352 e. The summed E-state index contributed by atoms with van der Waals surface area (Å²) in [6, 6.07) is 18.9. The van der Waals surface area contributed by atoms with Gasteiger partial charge in [-0.3, -0.25) is 4.79 Å². The van der Waals surface area contributed by atoms with Crippen LogP contribution in [-0.2, 0) is 27.8 Å². The van der Waals surface area contributed by atoms with Crippen molar-refractivity contribution in [2.45, 2.75) is 30.3 Å². The Labute approximate surface area is 191 Å². The van der Waals surface area contributed by atoms with Gasteiger partial charge in [-0.15, -0.1) is 0 Å². The molecule has 8 heteroatoms. The van der Waals surface area contributed by atoms with Crippen molar-refractivity contribution in [1.82, 2.24) is 9.62 Å². The summed E-state index contributed by atoms with van der Waals surface area (Å²) in [7, 11) is -3.84. The molecule has 0 bridgehead atoms. The van der Waals surface area contributed by atoms with Gasteiger partial charge in [0.1, 0.15) is 5.82 Å². The molecular formula is C24H22ClFN2O3S. The molecule has 1 N–H and O–H groups in total. The number of sulfonamides is 1. The Morgan fingerprint density at radius 1 is 1.03 bits per heavy atom. The number of carbonyl (C=O) groups excluding carboxylic acids is 1. The Balaban J connectivity index is 1.58. The van der Waals surface area contributed by atoms with Gasteiger partial charge < -0.3 is 5.32 Å². The quantitative estimate of drug-likeness (QED) is 0.575. The summed E-state index contributed by atoms with van der Waals surface area (Å²) in [6.07, 6.45) is 0.543. The molecule has 0 saturated heterocycles. The van der Waals surface area contributed by atoms with Gasteiger partial charge in [-0.1, -0.05) is 48.0 Å². The van der Waals surface area contributed by atoms with Gasteiger partial charge in [0, 0.05) is 24.5 Å². The third-order valence-corrected chi connectivity index (χ3v) is 7.74. The first-order valence-corrected chi connectivity index (χ1v) is 12.0. The summed E-state index contributed by atoms with van der Waals surface area (Å²) in [5.74, 6) is -0.630. The number of hydrogen-bond acceptors (Lipinski definition) is 3. The number of halogens is 2. The lowest BCUT2D eigenvalue weighted by atomic mass is 9.92. The van der Waals surface area contributed by atoms with Gasteiger partial charge in [0.15, 0.2) is 0 Å². The molecule has 0 fully saturated rings. The SMILES string of the molecule is O=C(C[C@@H]1c2ccccc2CCN1S(=O)(=O)c1ccc(Cl)cc1)NCc1ccc(F)cc1. The highest BCUT2D eigenvalue weighted by molar-refractivity contribution is 7.89. The van der Waals surface area contributed by atoms with Crippen molar-refractivity contribution in [3.8, 4) is 0 Å². The zero-order valence-electron chi connectivity index (χ0n) is 17.2. The summed E-state index contributed by atoms with van der Waals surface area (Å²) < 4.78 is 41.3. The van der Waals surface area contributed by atoms with E-state index in [4.69, 9.17) is 11.6 Å². The molecule has 166 valence electrons. The normalized spacial score (nSPS) is 16.4. The highest BCUT2D eigenvalue weighted by Crippen LogP contribution is 2.36. The van der Waals surface area contributed by atoms with Crippen LogP contribution in [-0.4, -0.2) is 25.2 Å². The number of rotatable bonds is 6. The van der Waals surface area contributed by atoms with Crippen LogP contribution in [0.25, 0.3) is 0 Å². The van der Waals surface area contributed by atoms with Gasteiger partial charge in [-0.2, -0.15) is 4.31 Å². The van der Waals surface area contributed by atoms with Crippen molar-refractivity contribution in [3.05, 3.63) is 100 Å². The molecule has 0 spiro atoms. The van der Waals surface area contributed by atoms with E-state index in [2.05, 4.69) is 5.32 Å². The van der Waals surface area contributed by atoms with Gasteiger partial charge in [0.05, 0.1) is 10.9 Å². The smallest absolute Gasteiger partial charge is 0.243 e. The minimum absolute atomic E-state index is 0.0228. The van der Waals surface area contributed by atoms with Crippen LogP contribution < -0.4 is 5.32 Å². The van der Waals surface area contributed by atoms with Crippen LogP contribution in [0.3, 0.4) is 0 Å². The molecule has 0 saturated carbocycles. The summed E-state index contributed by atoms with van der Waals surface area (Å²) >= 11 is 5.92. The zero-order valence-corrected chi connectivity index (χ0v) is 18.7. The molecule has 1 amide bonds. The van der Waals surface area contributed by atoms with E-state index in [9.17, 15) is 17.6 Å². The Hall–Kier alpha value is -2.74. The molecule has 0 aromatic heterocycles. The molecule has 32 heavy (non-hydrogen) atoms. The van der Waals surface area contributed by atoms with E-state index < -0.39 is 16.1 Å². The van der Waals surface area contributed by atoms with E-state index in [1.165, 1.54) is 40.7 Å². The maximum atomic E-state index is 13.4. The Kier molecular flexibility index (Phi) is 6.60. The number of nitrogens with zero attached hydrogens (tertiary/aromatic N) is 1. The van der Waals surface area contributed by atoms with Crippen molar-refractivity contribution >= 4 is 27.5 Å². The minimum atomic E-state index is -3.84. The zero-order chi connectivity index (χ0) is 22.7. The van der Waals surface area contributed by atoms with Gasteiger partial charge in [-0.05, 0) is 59.5 Å². The summed E-state index contributed by atoms with van der Waals surface area (Å²) in [4.78, 5) is 12.9. The molecule has 3 aromatic rings. The fourth-order valence-electron chi connectivity index (χ4n) is 3.92. The number of carbonyl (C=O) groups is 1. The number of benzene rings is 3. The van der Waals surface area contributed by atoms with Gasteiger partial charge in [0.2, 0.25) is 15.9 Å². The van der Waals surface area contributed by atoms with Crippen LogP contribution in [0.2, 0.25) is 5.02 Å². The van der Waals surface area contributed by atoms with Crippen LogP contribution in [0.1, 0.15) is 29.2 Å². The average Bonchev–Trinajstić information content (AvgIpc) is 2.79. The monoisotopic (exact) mass is 472 g/mol. The largest absolute Gasteiger partial charge is 0.352 e. The third-order valence-electron chi connectivity index (χ3n) is 5.57. The predicted octanol–water partition coefficient (Wildman–Crippen LogP) is 4.47.